The third-order valence-electron chi connectivity index (χ3n) is 7.85. The fraction of sp³-hybridized carbons (Fsp3) is 0.500. The molecule has 0 radical (unpaired) electrons. The average Bonchev–Trinajstić information content (AvgIpc) is 3.53. The maximum atomic E-state index is 13.4. The molecule has 174 valence electrons. The summed E-state index contributed by atoms with van der Waals surface area (Å²) >= 11 is 0. The summed E-state index contributed by atoms with van der Waals surface area (Å²) in [7, 11) is 1.85. The van der Waals surface area contributed by atoms with Crippen LogP contribution in [0.25, 0.3) is 0 Å². The Labute approximate surface area is 197 Å². The molecule has 2 saturated heterocycles. The Balaban J connectivity index is 1.30. The maximum Gasteiger partial charge on any atom is 0.258 e. The lowest BCUT2D eigenvalue weighted by Crippen LogP contribution is -2.40. The first-order valence-corrected chi connectivity index (χ1v) is 12.7. The van der Waals surface area contributed by atoms with E-state index in [9.17, 15) is 9.59 Å². The van der Waals surface area contributed by atoms with Crippen molar-refractivity contribution < 1.29 is 9.59 Å². The molecular formula is C28H35N3O2. The van der Waals surface area contributed by atoms with Crippen LogP contribution in [0.5, 0.6) is 0 Å². The number of amides is 2. The predicted molar refractivity (Wildman–Crippen MR) is 133 cm³/mol. The van der Waals surface area contributed by atoms with Crippen molar-refractivity contribution in [3.8, 4) is 0 Å². The second kappa shape index (κ2) is 9.68. The molecule has 1 atom stereocenters. The van der Waals surface area contributed by atoms with E-state index < -0.39 is 0 Å². The molecule has 0 N–H and O–H groups in total. The zero-order chi connectivity index (χ0) is 22.8. The standard InChI is InChI=1S/C28H35N3O2/c1-29(27(32)25-12-6-5-11-24(25)21-9-3-2-4-10-21)22-13-15-23(16-14-22)31-20-17-26(28(31)33)30-18-7-8-19-30/h5-6,11-16,21,26H,2-4,7-10,17-20H2,1H3. The number of benzene rings is 2. The minimum Gasteiger partial charge on any atom is -0.311 e. The highest BCUT2D eigenvalue weighted by Gasteiger charge is 2.37. The van der Waals surface area contributed by atoms with Crippen LogP contribution in [-0.2, 0) is 4.79 Å². The van der Waals surface area contributed by atoms with Crippen LogP contribution in [0.2, 0.25) is 0 Å². The van der Waals surface area contributed by atoms with E-state index in [1.807, 2.05) is 48.3 Å². The number of likely N-dealkylation sites (tertiary alicyclic amines) is 1. The summed E-state index contributed by atoms with van der Waals surface area (Å²) in [6, 6.07) is 16.1. The van der Waals surface area contributed by atoms with Gasteiger partial charge in [0.15, 0.2) is 0 Å². The van der Waals surface area contributed by atoms with Gasteiger partial charge in [0.05, 0.1) is 6.04 Å². The number of hydrogen-bond donors (Lipinski definition) is 0. The largest absolute Gasteiger partial charge is 0.311 e. The fourth-order valence-corrected chi connectivity index (χ4v) is 5.93. The van der Waals surface area contributed by atoms with E-state index in [-0.39, 0.29) is 17.9 Å². The molecule has 5 rings (SSSR count). The van der Waals surface area contributed by atoms with Gasteiger partial charge in [-0.05, 0) is 87.0 Å². The number of anilines is 2. The molecule has 0 spiro atoms. The molecule has 2 aromatic carbocycles. The highest BCUT2D eigenvalue weighted by molar-refractivity contribution is 6.07. The van der Waals surface area contributed by atoms with Crippen molar-refractivity contribution in [2.75, 3.05) is 36.5 Å². The van der Waals surface area contributed by atoms with E-state index in [1.165, 1.54) is 50.5 Å². The molecule has 0 bridgehead atoms. The Hall–Kier alpha value is -2.66. The lowest BCUT2D eigenvalue weighted by molar-refractivity contribution is -0.121. The van der Waals surface area contributed by atoms with Gasteiger partial charge in [-0.3, -0.25) is 14.5 Å². The van der Waals surface area contributed by atoms with Gasteiger partial charge in [0, 0.05) is 30.5 Å². The van der Waals surface area contributed by atoms with E-state index in [0.717, 1.165) is 43.0 Å². The Morgan fingerprint density at radius 2 is 1.55 bits per heavy atom. The number of carbonyl (C=O) groups is 2. The van der Waals surface area contributed by atoms with E-state index >= 15 is 0 Å². The smallest absolute Gasteiger partial charge is 0.258 e. The molecule has 1 unspecified atom stereocenters. The van der Waals surface area contributed by atoms with Crippen molar-refractivity contribution in [1.82, 2.24) is 4.90 Å². The van der Waals surface area contributed by atoms with Crippen LogP contribution >= 0.6 is 0 Å². The molecule has 33 heavy (non-hydrogen) atoms. The molecule has 2 heterocycles. The number of nitrogens with zero attached hydrogens (tertiary/aromatic N) is 3. The fourth-order valence-electron chi connectivity index (χ4n) is 5.93. The molecule has 1 aliphatic carbocycles. The van der Waals surface area contributed by atoms with Crippen LogP contribution in [0.1, 0.15) is 73.2 Å². The van der Waals surface area contributed by atoms with Gasteiger partial charge in [-0.1, -0.05) is 37.5 Å². The van der Waals surface area contributed by atoms with Crippen LogP contribution in [0.15, 0.2) is 48.5 Å². The van der Waals surface area contributed by atoms with Gasteiger partial charge in [-0.25, -0.2) is 0 Å². The van der Waals surface area contributed by atoms with Crippen LogP contribution in [0, 0.1) is 0 Å². The van der Waals surface area contributed by atoms with Crippen LogP contribution in [-0.4, -0.2) is 49.4 Å². The molecule has 5 heteroatoms. The van der Waals surface area contributed by atoms with Crippen molar-refractivity contribution in [2.24, 2.45) is 0 Å². The van der Waals surface area contributed by atoms with Crippen LogP contribution in [0.4, 0.5) is 11.4 Å². The van der Waals surface area contributed by atoms with E-state index in [0.29, 0.717) is 5.92 Å². The van der Waals surface area contributed by atoms with E-state index in [1.54, 1.807) is 4.90 Å². The maximum absolute atomic E-state index is 13.4. The molecule has 2 aromatic rings. The minimum atomic E-state index is 0.0349. The first kappa shape index (κ1) is 22.1. The Kier molecular flexibility index (Phi) is 6.50. The SMILES string of the molecule is CN(C(=O)c1ccccc1C1CCCCC1)c1ccc(N2CCC(N3CCCC3)C2=O)cc1. The molecule has 0 aromatic heterocycles. The lowest BCUT2D eigenvalue weighted by atomic mass is 9.82. The molecule has 2 amide bonds. The topological polar surface area (TPSA) is 43.9 Å². The van der Waals surface area contributed by atoms with Crippen molar-refractivity contribution in [2.45, 2.75) is 63.3 Å². The van der Waals surface area contributed by atoms with Crippen molar-refractivity contribution in [3.05, 3.63) is 59.7 Å². The minimum absolute atomic E-state index is 0.0349. The molecular weight excluding hydrogens is 410 g/mol. The van der Waals surface area contributed by atoms with E-state index in [4.69, 9.17) is 0 Å². The second-order valence-electron chi connectivity index (χ2n) is 9.84. The quantitative estimate of drug-likeness (QED) is 0.634. The summed E-state index contributed by atoms with van der Waals surface area (Å²) < 4.78 is 0. The van der Waals surface area contributed by atoms with Gasteiger partial charge in [-0.15, -0.1) is 0 Å². The average molecular weight is 446 g/mol. The van der Waals surface area contributed by atoms with Gasteiger partial charge < -0.3 is 9.80 Å². The Bertz CT molecular complexity index is 990. The monoisotopic (exact) mass is 445 g/mol. The zero-order valence-corrected chi connectivity index (χ0v) is 19.7. The first-order valence-electron chi connectivity index (χ1n) is 12.7. The van der Waals surface area contributed by atoms with Gasteiger partial charge in [0.25, 0.3) is 5.91 Å². The summed E-state index contributed by atoms with van der Waals surface area (Å²) in [6.45, 7) is 2.85. The third kappa shape index (κ3) is 4.43. The van der Waals surface area contributed by atoms with Gasteiger partial charge in [0.1, 0.15) is 0 Å². The summed E-state index contributed by atoms with van der Waals surface area (Å²) in [5.41, 5.74) is 3.79. The molecule has 3 aliphatic rings. The Morgan fingerprint density at radius 3 is 2.27 bits per heavy atom. The number of carbonyl (C=O) groups excluding carboxylic acids is 2. The highest BCUT2D eigenvalue weighted by Crippen LogP contribution is 2.35. The van der Waals surface area contributed by atoms with Crippen LogP contribution < -0.4 is 9.80 Å². The lowest BCUT2D eigenvalue weighted by Gasteiger charge is -2.26. The number of rotatable bonds is 5. The Morgan fingerprint density at radius 1 is 0.848 bits per heavy atom. The van der Waals surface area contributed by atoms with Gasteiger partial charge >= 0.3 is 0 Å². The predicted octanol–water partition coefficient (Wildman–Crippen LogP) is 5.21. The summed E-state index contributed by atoms with van der Waals surface area (Å²) in [5.74, 6) is 0.741. The van der Waals surface area contributed by atoms with Gasteiger partial charge in [-0.2, -0.15) is 0 Å². The highest BCUT2D eigenvalue weighted by atomic mass is 16.2. The summed E-state index contributed by atoms with van der Waals surface area (Å²) in [4.78, 5) is 32.5. The van der Waals surface area contributed by atoms with Crippen molar-refractivity contribution in [3.63, 3.8) is 0 Å². The summed E-state index contributed by atoms with van der Waals surface area (Å²) in [6.07, 6.45) is 9.44. The number of hydrogen-bond acceptors (Lipinski definition) is 3. The van der Waals surface area contributed by atoms with Crippen LogP contribution in [0.3, 0.4) is 0 Å². The second-order valence-corrected chi connectivity index (χ2v) is 9.84. The van der Waals surface area contributed by atoms with E-state index in [2.05, 4.69) is 17.0 Å². The summed E-state index contributed by atoms with van der Waals surface area (Å²) in [5, 5.41) is 0. The third-order valence-corrected chi connectivity index (χ3v) is 7.85. The van der Waals surface area contributed by atoms with Crippen molar-refractivity contribution >= 4 is 23.2 Å². The molecule has 5 nitrogen and oxygen atoms in total. The zero-order valence-electron chi connectivity index (χ0n) is 19.7. The molecule has 3 fully saturated rings. The molecule has 2 aliphatic heterocycles. The van der Waals surface area contributed by atoms with Crippen molar-refractivity contribution in [1.29, 1.82) is 0 Å². The van der Waals surface area contributed by atoms with Gasteiger partial charge in [0.2, 0.25) is 5.91 Å². The molecule has 1 saturated carbocycles. The normalized spacial score (nSPS) is 22.2. The first-order chi connectivity index (χ1) is 16.1.